The molecule has 2 N–H and O–H groups in total. The maximum atomic E-state index is 13.2. The molecule has 31 heavy (non-hydrogen) atoms. The molecule has 0 aromatic heterocycles. The highest BCUT2D eigenvalue weighted by molar-refractivity contribution is 6.42. The highest BCUT2D eigenvalue weighted by Crippen LogP contribution is 2.29. The van der Waals surface area contributed by atoms with Crippen LogP contribution in [0.5, 0.6) is 0 Å². The highest BCUT2D eigenvalue weighted by Gasteiger charge is 2.22. The van der Waals surface area contributed by atoms with Gasteiger partial charge < -0.3 is 10.4 Å². The predicted octanol–water partition coefficient (Wildman–Crippen LogP) is 5.57. The SMILES string of the molecule is CCc1c(C#N)cc2ccccc2c1C(=O)NC[C@@H](CC(=O)O)c1ccc(Cl)c(Cl)c1. The lowest BCUT2D eigenvalue weighted by Gasteiger charge is -2.19. The van der Waals surface area contributed by atoms with Crippen LogP contribution < -0.4 is 5.32 Å². The van der Waals surface area contributed by atoms with Crippen LogP contribution in [0.1, 0.15) is 46.3 Å². The molecular weight excluding hydrogens is 435 g/mol. The summed E-state index contributed by atoms with van der Waals surface area (Å²) >= 11 is 12.1. The summed E-state index contributed by atoms with van der Waals surface area (Å²) in [6.07, 6.45) is 0.333. The number of amides is 1. The summed E-state index contributed by atoms with van der Waals surface area (Å²) in [4.78, 5) is 24.6. The van der Waals surface area contributed by atoms with E-state index in [1.807, 2.05) is 31.2 Å². The van der Waals surface area contributed by atoms with Crippen LogP contribution in [-0.4, -0.2) is 23.5 Å². The lowest BCUT2D eigenvalue weighted by Crippen LogP contribution is -2.30. The monoisotopic (exact) mass is 454 g/mol. The van der Waals surface area contributed by atoms with E-state index in [0.29, 0.717) is 38.7 Å². The first-order chi connectivity index (χ1) is 14.8. The third-order valence-corrected chi connectivity index (χ3v) is 5.94. The number of rotatable bonds is 7. The molecule has 0 saturated carbocycles. The van der Waals surface area contributed by atoms with Crippen molar-refractivity contribution in [2.75, 3.05) is 6.54 Å². The van der Waals surface area contributed by atoms with Gasteiger partial charge in [0.25, 0.3) is 5.91 Å². The van der Waals surface area contributed by atoms with E-state index in [0.717, 1.165) is 10.8 Å². The van der Waals surface area contributed by atoms with Gasteiger partial charge >= 0.3 is 5.97 Å². The molecule has 158 valence electrons. The van der Waals surface area contributed by atoms with Crippen molar-refractivity contribution < 1.29 is 14.7 Å². The van der Waals surface area contributed by atoms with E-state index >= 15 is 0 Å². The number of carbonyl (C=O) groups is 2. The molecule has 0 fully saturated rings. The maximum absolute atomic E-state index is 13.2. The minimum atomic E-state index is -0.989. The number of hydrogen-bond donors (Lipinski definition) is 2. The third kappa shape index (κ3) is 4.99. The van der Waals surface area contributed by atoms with Crippen LogP contribution >= 0.6 is 23.2 Å². The Morgan fingerprint density at radius 3 is 2.52 bits per heavy atom. The Bertz CT molecular complexity index is 1200. The molecule has 0 saturated heterocycles. The lowest BCUT2D eigenvalue weighted by atomic mass is 9.91. The Balaban J connectivity index is 1.96. The van der Waals surface area contributed by atoms with Gasteiger partial charge in [-0.05, 0) is 46.5 Å². The number of nitriles is 1. The third-order valence-electron chi connectivity index (χ3n) is 5.20. The molecular formula is C24H20Cl2N2O3. The van der Waals surface area contributed by atoms with E-state index in [2.05, 4.69) is 11.4 Å². The standard InChI is InChI=1S/C24H20Cl2N2O3/c1-2-18-16(12-27)9-15-5-3-4-6-19(15)23(18)24(31)28-13-17(11-22(29)30)14-7-8-20(25)21(26)10-14/h3-10,17H,2,11,13H2,1H3,(H,28,31)(H,29,30)/t17-/m1/s1. The number of carboxylic acids is 1. The number of fused-ring (bicyclic) bond motifs is 1. The first kappa shape index (κ1) is 22.6. The van der Waals surface area contributed by atoms with E-state index in [1.165, 1.54) is 0 Å². The quantitative estimate of drug-likeness (QED) is 0.488. The zero-order valence-corrected chi connectivity index (χ0v) is 18.3. The molecule has 1 amide bonds. The molecule has 7 heteroatoms. The summed E-state index contributed by atoms with van der Waals surface area (Å²) in [7, 11) is 0. The van der Waals surface area contributed by atoms with Gasteiger partial charge in [-0.3, -0.25) is 9.59 Å². The maximum Gasteiger partial charge on any atom is 0.304 e. The van der Waals surface area contributed by atoms with Gasteiger partial charge in [0.2, 0.25) is 0 Å². The van der Waals surface area contributed by atoms with Crippen molar-refractivity contribution >= 4 is 45.9 Å². The summed E-state index contributed by atoms with van der Waals surface area (Å²) < 4.78 is 0. The number of carboxylic acid groups (broad SMARTS) is 1. The van der Waals surface area contributed by atoms with Gasteiger partial charge in [0.1, 0.15) is 0 Å². The van der Waals surface area contributed by atoms with Crippen LogP contribution in [0.15, 0.2) is 48.5 Å². The van der Waals surface area contributed by atoms with E-state index in [1.54, 1.807) is 24.3 Å². The normalized spacial score (nSPS) is 11.7. The fourth-order valence-corrected chi connectivity index (χ4v) is 4.01. The minimum absolute atomic E-state index is 0.0946. The Labute approximate surface area is 190 Å². The van der Waals surface area contributed by atoms with Crippen molar-refractivity contribution in [1.29, 1.82) is 5.26 Å². The van der Waals surface area contributed by atoms with Crippen LogP contribution in [0.3, 0.4) is 0 Å². The zero-order valence-electron chi connectivity index (χ0n) is 16.8. The van der Waals surface area contributed by atoms with Gasteiger partial charge in [0.15, 0.2) is 0 Å². The smallest absolute Gasteiger partial charge is 0.304 e. The van der Waals surface area contributed by atoms with Gasteiger partial charge in [-0.1, -0.05) is 60.5 Å². The Hall–Kier alpha value is -3.07. The molecule has 0 unspecified atom stereocenters. The fraction of sp³-hybridized carbons (Fsp3) is 0.208. The number of benzene rings is 3. The van der Waals surface area contributed by atoms with E-state index in [4.69, 9.17) is 23.2 Å². The highest BCUT2D eigenvalue weighted by atomic mass is 35.5. The van der Waals surface area contributed by atoms with Crippen molar-refractivity contribution in [3.8, 4) is 6.07 Å². The van der Waals surface area contributed by atoms with Gasteiger partial charge in [-0.15, -0.1) is 0 Å². The lowest BCUT2D eigenvalue weighted by molar-refractivity contribution is -0.137. The summed E-state index contributed by atoms with van der Waals surface area (Å²) in [5, 5.41) is 24.0. The molecule has 1 atom stereocenters. The van der Waals surface area contributed by atoms with Crippen molar-refractivity contribution in [3.05, 3.63) is 80.8 Å². The molecule has 3 aromatic rings. The number of aliphatic carboxylic acids is 1. The van der Waals surface area contributed by atoms with Gasteiger partial charge in [0.05, 0.1) is 33.7 Å². The minimum Gasteiger partial charge on any atom is -0.481 e. The summed E-state index contributed by atoms with van der Waals surface area (Å²) in [5.41, 5.74) is 2.24. The molecule has 3 rings (SSSR count). The summed E-state index contributed by atoms with van der Waals surface area (Å²) in [6.45, 7) is 1.99. The van der Waals surface area contributed by atoms with Gasteiger partial charge in [-0.2, -0.15) is 5.26 Å². The largest absolute Gasteiger partial charge is 0.481 e. The molecule has 0 bridgehead atoms. The fourth-order valence-electron chi connectivity index (χ4n) is 3.71. The second kappa shape index (κ2) is 9.82. The number of carbonyl (C=O) groups excluding carboxylic acids is 1. The van der Waals surface area contributed by atoms with Crippen molar-refractivity contribution in [2.45, 2.75) is 25.7 Å². The topological polar surface area (TPSA) is 90.2 Å². The Morgan fingerprint density at radius 2 is 1.87 bits per heavy atom. The number of nitrogens with one attached hydrogen (secondary N) is 1. The Morgan fingerprint density at radius 1 is 1.13 bits per heavy atom. The molecule has 0 aliphatic rings. The van der Waals surface area contributed by atoms with E-state index in [-0.39, 0.29) is 18.9 Å². The molecule has 0 spiro atoms. The zero-order chi connectivity index (χ0) is 22.5. The number of halogens is 2. The van der Waals surface area contributed by atoms with Crippen LogP contribution in [0.4, 0.5) is 0 Å². The molecule has 0 aliphatic heterocycles. The van der Waals surface area contributed by atoms with Crippen LogP contribution in [-0.2, 0) is 11.2 Å². The van der Waals surface area contributed by atoms with Crippen LogP contribution in [0.2, 0.25) is 10.0 Å². The van der Waals surface area contributed by atoms with Gasteiger partial charge in [-0.25, -0.2) is 0 Å². The number of hydrogen-bond acceptors (Lipinski definition) is 3. The first-order valence-corrected chi connectivity index (χ1v) is 10.5. The molecule has 0 aliphatic carbocycles. The number of nitrogens with zero attached hydrogens (tertiary/aromatic N) is 1. The van der Waals surface area contributed by atoms with E-state index < -0.39 is 11.9 Å². The molecule has 5 nitrogen and oxygen atoms in total. The van der Waals surface area contributed by atoms with Crippen LogP contribution in [0.25, 0.3) is 10.8 Å². The molecule has 3 aromatic carbocycles. The van der Waals surface area contributed by atoms with Crippen molar-refractivity contribution in [1.82, 2.24) is 5.32 Å². The average molecular weight is 455 g/mol. The van der Waals surface area contributed by atoms with Crippen molar-refractivity contribution in [3.63, 3.8) is 0 Å². The second-order valence-corrected chi connectivity index (χ2v) is 7.96. The van der Waals surface area contributed by atoms with E-state index in [9.17, 15) is 20.0 Å². The summed E-state index contributed by atoms with van der Waals surface area (Å²) in [5.74, 6) is -1.83. The predicted molar refractivity (Wildman–Crippen MR) is 122 cm³/mol. The first-order valence-electron chi connectivity index (χ1n) is 9.75. The second-order valence-electron chi connectivity index (χ2n) is 7.14. The van der Waals surface area contributed by atoms with Crippen molar-refractivity contribution in [2.24, 2.45) is 0 Å². The Kier molecular flexibility index (Phi) is 7.17. The van der Waals surface area contributed by atoms with Crippen LogP contribution in [0, 0.1) is 11.3 Å². The molecule has 0 heterocycles. The van der Waals surface area contributed by atoms with Gasteiger partial charge in [0, 0.05) is 12.5 Å². The average Bonchev–Trinajstić information content (AvgIpc) is 2.76. The molecule has 0 radical (unpaired) electrons. The summed E-state index contributed by atoms with van der Waals surface area (Å²) in [6, 6.07) is 16.3.